The number of amides is 1. The average Bonchev–Trinajstić information content (AvgIpc) is 3.23. The van der Waals surface area contributed by atoms with E-state index in [1.165, 1.54) is 4.31 Å². The molecule has 2 heterocycles. The Labute approximate surface area is 152 Å². The molecule has 1 amide bonds. The van der Waals surface area contributed by atoms with Crippen LogP contribution in [0.2, 0.25) is 0 Å². The summed E-state index contributed by atoms with van der Waals surface area (Å²) >= 11 is 0. The summed E-state index contributed by atoms with van der Waals surface area (Å²) in [5, 5.41) is 5.14. The van der Waals surface area contributed by atoms with E-state index < -0.39 is 40.9 Å². The van der Waals surface area contributed by atoms with Gasteiger partial charge in [0.05, 0.1) is 18.3 Å². The fraction of sp³-hybridized carbons (Fsp3) is 0.588. The number of alkyl halides is 2. The molecule has 144 valence electrons. The first-order valence-electron chi connectivity index (χ1n) is 8.70. The number of hydrogen-bond acceptors (Lipinski definition) is 4. The van der Waals surface area contributed by atoms with Crippen LogP contribution in [0, 0.1) is 0 Å². The van der Waals surface area contributed by atoms with E-state index >= 15 is 0 Å². The summed E-state index contributed by atoms with van der Waals surface area (Å²) in [5.41, 5.74) is 1.29. The lowest BCUT2D eigenvalue weighted by molar-refractivity contribution is -0.123. The molecule has 2 aliphatic heterocycles. The highest BCUT2D eigenvalue weighted by atomic mass is 32.2. The maximum atomic E-state index is 13.2. The van der Waals surface area contributed by atoms with Gasteiger partial charge >= 0.3 is 0 Å². The minimum atomic E-state index is -3.40. The number of rotatable bonds is 6. The first kappa shape index (κ1) is 19.2. The van der Waals surface area contributed by atoms with Gasteiger partial charge in [-0.3, -0.25) is 10.1 Å². The molecule has 0 spiro atoms. The Hall–Kier alpha value is -1.58. The van der Waals surface area contributed by atoms with Crippen molar-refractivity contribution in [3.8, 4) is 0 Å². The molecule has 2 N–H and O–H groups in total. The third-order valence-electron chi connectivity index (χ3n) is 4.79. The number of sulfonamides is 1. The van der Waals surface area contributed by atoms with Crippen LogP contribution in [0.5, 0.6) is 0 Å². The first-order chi connectivity index (χ1) is 12.3. The topological polar surface area (TPSA) is 78.5 Å². The van der Waals surface area contributed by atoms with Crippen molar-refractivity contribution in [2.75, 3.05) is 19.6 Å². The molecule has 1 atom stereocenters. The van der Waals surface area contributed by atoms with E-state index in [9.17, 15) is 22.0 Å². The van der Waals surface area contributed by atoms with Gasteiger partial charge in [0.25, 0.3) is 5.92 Å². The average molecular weight is 387 g/mol. The maximum Gasteiger partial charge on any atom is 0.262 e. The van der Waals surface area contributed by atoms with E-state index in [1.807, 2.05) is 0 Å². The van der Waals surface area contributed by atoms with Crippen molar-refractivity contribution in [1.29, 1.82) is 0 Å². The number of benzene rings is 1. The molecule has 9 heteroatoms. The van der Waals surface area contributed by atoms with Crippen molar-refractivity contribution in [3.05, 3.63) is 35.4 Å². The highest BCUT2D eigenvalue weighted by Crippen LogP contribution is 2.25. The van der Waals surface area contributed by atoms with E-state index in [0.717, 1.165) is 12.8 Å². The van der Waals surface area contributed by atoms with Crippen molar-refractivity contribution < 1.29 is 22.0 Å². The molecule has 26 heavy (non-hydrogen) atoms. The number of carbonyl (C=O) groups excluding carboxylic acids is 1. The van der Waals surface area contributed by atoms with E-state index in [1.54, 1.807) is 24.3 Å². The molecule has 0 aliphatic carbocycles. The van der Waals surface area contributed by atoms with Crippen LogP contribution in [0.25, 0.3) is 0 Å². The second-order valence-corrected chi connectivity index (χ2v) is 8.81. The smallest absolute Gasteiger partial charge is 0.262 e. The summed E-state index contributed by atoms with van der Waals surface area (Å²) in [4.78, 5) is 12.1. The van der Waals surface area contributed by atoms with Crippen LogP contribution in [-0.2, 0) is 27.1 Å². The van der Waals surface area contributed by atoms with Crippen LogP contribution in [0.3, 0.4) is 0 Å². The van der Waals surface area contributed by atoms with Gasteiger partial charge in [0.1, 0.15) is 0 Å². The molecule has 0 bridgehead atoms. The Kier molecular flexibility index (Phi) is 5.59. The van der Waals surface area contributed by atoms with Crippen molar-refractivity contribution in [2.45, 2.75) is 43.5 Å². The Bertz CT molecular complexity index is 764. The van der Waals surface area contributed by atoms with Crippen LogP contribution in [0.15, 0.2) is 24.3 Å². The Morgan fingerprint density at radius 1 is 1.23 bits per heavy atom. The molecule has 3 rings (SSSR count). The minimum Gasteiger partial charge on any atom is -0.351 e. The summed E-state index contributed by atoms with van der Waals surface area (Å²) < 4.78 is 52.9. The summed E-state index contributed by atoms with van der Waals surface area (Å²) in [6.45, 7) is 0.690. The number of hydrogen-bond donors (Lipinski definition) is 2. The largest absolute Gasteiger partial charge is 0.351 e. The predicted molar refractivity (Wildman–Crippen MR) is 93.1 cm³/mol. The van der Waals surface area contributed by atoms with Crippen LogP contribution in [0.1, 0.15) is 30.4 Å². The quantitative estimate of drug-likeness (QED) is 0.770. The fourth-order valence-corrected chi connectivity index (χ4v) is 5.00. The molecule has 2 aliphatic rings. The zero-order chi connectivity index (χ0) is 18.8. The lowest BCUT2D eigenvalue weighted by Crippen LogP contribution is -2.40. The number of nitrogens with zero attached hydrogens (tertiary/aromatic N) is 1. The van der Waals surface area contributed by atoms with Gasteiger partial charge < -0.3 is 5.32 Å². The van der Waals surface area contributed by atoms with Crippen molar-refractivity contribution >= 4 is 15.9 Å². The normalized spacial score (nSPS) is 23.2. The zero-order valence-electron chi connectivity index (χ0n) is 14.4. The first-order valence-corrected chi connectivity index (χ1v) is 10.3. The molecule has 0 aromatic heterocycles. The van der Waals surface area contributed by atoms with Gasteiger partial charge in [-0.1, -0.05) is 24.3 Å². The van der Waals surface area contributed by atoms with Crippen molar-refractivity contribution in [3.63, 3.8) is 0 Å². The Balaban J connectivity index is 1.63. The number of halogens is 2. The van der Waals surface area contributed by atoms with Gasteiger partial charge in [-0.15, -0.1) is 0 Å². The van der Waals surface area contributed by atoms with E-state index in [0.29, 0.717) is 24.2 Å². The fourth-order valence-electron chi connectivity index (χ4n) is 3.33. The highest BCUT2D eigenvalue weighted by Gasteiger charge is 2.42. The second kappa shape index (κ2) is 7.58. The third kappa shape index (κ3) is 4.57. The number of nitrogens with one attached hydrogen (secondary N) is 2. The second-order valence-electron chi connectivity index (χ2n) is 6.84. The molecule has 0 radical (unpaired) electrons. The van der Waals surface area contributed by atoms with Crippen LogP contribution >= 0.6 is 0 Å². The summed E-state index contributed by atoms with van der Waals surface area (Å²) in [6, 6.07) is 6.04. The molecule has 1 aromatic carbocycles. The molecular formula is C17H23F2N3O3S. The molecule has 2 fully saturated rings. The molecule has 2 saturated heterocycles. The molecular weight excluding hydrogens is 364 g/mol. The van der Waals surface area contributed by atoms with Crippen LogP contribution < -0.4 is 10.6 Å². The van der Waals surface area contributed by atoms with Crippen LogP contribution in [-0.4, -0.2) is 50.2 Å². The summed E-state index contributed by atoms with van der Waals surface area (Å²) in [7, 11) is -3.40. The molecule has 1 aromatic rings. The van der Waals surface area contributed by atoms with Gasteiger partial charge in [-0.2, -0.15) is 0 Å². The lowest BCUT2D eigenvalue weighted by atomic mass is 10.1. The predicted octanol–water partition coefficient (Wildman–Crippen LogP) is 1.23. The van der Waals surface area contributed by atoms with Gasteiger partial charge in [-0.25, -0.2) is 21.5 Å². The SMILES string of the molecule is O=C(NCc1ccccc1CS(=O)(=O)N1CCCC1)C1CC(F)(F)CN1. The summed E-state index contributed by atoms with van der Waals surface area (Å²) in [6.07, 6.45) is 1.22. The van der Waals surface area contributed by atoms with Gasteiger partial charge in [0.15, 0.2) is 0 Å². The zero-order valence-corrected chi connectivity index (χ0v) is 15.2. The number of carbonyl (C=O) groups is 1. The van der Waals surface area contributed by atoms with E-state index in [4.69, 9.17) is 0 Å². The van der Waals surface area contributed by atoms with E-state index in [-0.39, 0.29) is 12.3 Å². The van der Waals surface area contributed by atoms with Crippen molar-refractivity contribution in [1.82, 2.24) is 14.9 Å². The van der Waals surface area contributed by atoms with Gasteiger partial charge in [0, 0.05) is 26.1 Å². The maximum absolute atomic E-state index is 13.2. The minimum absolute atomic E-state index is 0.105. The van der Waals surface area contributed by atoms with E-state index in [2.05, 4.69) is 10.6 Å². The Morgan fingerprint density at radius 2 is 1.88 bits per heavy atom. The lowest BCUT2D eigenvalue weighted by Gasteiger charge is -2.18. The monoisotopic (exact) mass is 387 g/mol. The van der Waals surface area contributed by atoms with Gasteiger partial charge in [-0.05, 0) is 24.0 Å². The van der Waals surface area contributed by atoms with Gasteiger partial charge in [0.2, 0.25) is 15.9 Å². The van der Waals surface area contributed by atoms with Crippen molar-refractivity contribution in [2.24, 2.45) is 0 Å². The molecule has 1 unspecified atom stereocenters. The standard InChI is InChI=1S/C17H23F2N3O3S/c18-17(19)9-15(21-12-17)16(23)20-10-13-5-1-2-6-14(13)11-26(24,25)22-7-3-4-8-22/h1-2,5-6,15,21H,3-4,7-12H2,(H,20,23). The molecule has 6 nitrogen and oxygen atoms in total. The van der Waals surface area contributed by atoms with Crippen LogP contribution in [0.4, 0.5) is 8.78 Å². The highest BCUT2D eigenvalue weighted by molar-refractivity contribution is 7.88. The third-order valence-corrected chi connectivity index (χ3v) is 6.62. The Morgan fingerprint density at radius 3 is 2.50 bits per heavy atom. The summed E-state index contributed by atoms with van der Waals surface area (Å²) in [5.74, 6) is -3.50. The molecule has 0 saturated carbocycles.